The van der Waals surface area contributed by atoms with Crippen molar-refractivity contribution in [3.8, 4) is 0 Å². The van der Waals surface area contributed by atoms with Gasteiger partial charge in [0.05, 0.1) is 25.3 Å². The zero-order valence-electron chi connectivity index (χ0n) is 22.7. The number of rotatable bonds is 5. The predicted molar refractivity (Wildman–Crippen MR) is 150 cm³/mol. The molecule has 6 rings (SSSR count). The number of halogens is 1. The van der Waals surface area contributed by atoms with E-state index in [0.717, 1.165) is 5.56 Å². The largest absolute Gasteiger partial charge is 0.378 e. The van der Waals surface area contributed by atoms with Crippen molar-refractivity contribution in [2.24, 2.45) is 11.8 Å². The van der Waals surface area contributed by atoms with Crippen molar-refractivity contribution in [2.45, 2.75) is 44.3 Å². The minimum absolute atomic E-state index is 0.0637. The fourth-order valence-corrected chi connectivity index (χ4v) is 6.84. The number of aromatic nitrogens is 1. The third kappa shape index (κ3) is 5.08. The molecule has 3 heterocycles. The molecule has 2 aliphatic heterocycles. The fourth-order valence-electron chi connectivity index (χ4n) is 6.84. The summed E-state index contributed by atoms with van der Waals surface area (Å²) >= 11 is 0. The van der Waals surface area contributed by atoms with E-state index in [2.05, 4.69) is 24.0 Å². The molecule has 1 aliphatic carbocycles. The Morgan fingerprint density at radius 3 is 2.42 bits per heavy atom. The first-order valence-corrected chi connectivity index (χ1v) is 14.2. The lowest BCUT2D eigenvalue weighted by Gasteiger charge is -2.35. The van der Waals surface area contributed by atoms with Gasteiger partial charge < -0.3 is 14.5 Å². The van der Waals surface area contributed by atoms with E-state index < -0.39 is 0 Å². The Hall–Kier alpha value is -3.78. The van der Waals surface area contributed by atoms with Crippen LogP contribution in [0.15, 0.2) is 79.1 Å². The summed E-state index contributed by atoms with van der Waals surface area (Å²) in [6, 6.07) is 19.9. The van der Waals surface area contributed by atoms with Gasteiger partial charge in [-0.05, 0) is 66.1 Å². The highest BCUT2D eigenvalue weighted by Crippen LogP contribution is 2.47. The van der Waals surface area contributed by atoms with Crippen LogP contribution in [0.4, 0.5) is 14.9 Å². The zero-order chi connectivity index (χ0) is 27.6. The molecule has 0 unspecified atom stereocenters. The molecule has 208 valence electrons. The maximum absolute atomic E-state index is 14.2. The summed E-state index contributed by atoms with van der Waals surface area (Å²) in [7, 11) is 0. The average Bonchev–Trinajstić information content (AvgIpc) is 3.14. The van der Waals surface area contributed by atoms with Crippen LogP contribution in [0.5, 0.6) is 0 Å². The Bertz CT molecular complexity index is 1320. The molecule has 0 N–H and O–H groups in total. The number of anilines is 1. The number of hydrogen-bond donors (Lipinski definition) is 0. The van der Waals surface area contributed by atoms with Crippen molar-refractivity contribution in [3.63, 3.8) is 0 Å². The highest BCUT2D eigenvalue weighted by Gasteiger charge is 2.52. The van der Waals surface area contributed by atoms with Crippen molar-refractivity contribution in [2.75, 3.05) is 31.2 Å². The monoisotopic (exact) mass is 542 g/mol. The van der Waals surface area contributed by atoms with E-state index in [4.69, 9.17) is 4.74 Å². The molecule has 1 aromatic heterocycles. The van der Waals surface area contributed by atoms with E-state index in [1.807, 2.05) is 45.0 Å². The van der Waals surface area contributed by atoms with Gasteiger partial charge in [0.2, 0.25) is 5.91 Å². The van der Waals surface area contributed by atoms with Crippen LogP contribution < -0.4 is 4.90 Å². The maximum atomic E-state index is 14.2. The summed E-state index contributed by atoms with van der Waals surface area (Å²) in [6.07, 6.45) is 4.77. The Morgan fingerprint density at radius 1 is 0.975 bits per heavy atom. The highest BCUT2D eigenvalue weighted by molar-refractivity contribution is 5.96. The number of amides is 3. The summed E-state index contributed by atoms with van der Waals surface area (Å²) < 4.78 is 19.4. The SMILES string of the molecule is C[C@H]1[C@@H](C(=O)N2CCOCC2)C[C@@H]2[C@H](C[C@H]1c1ccccc1)N(c1ccc(F)cc1)C(=O)N2Cc1cccnc1. The molecule has 0 bridgehead atoms. The van der Waals surface area contributed by atoms with E-state index in [-0.39, 0.29) is 47.6 Å². The predicted octanol–water partition coefficient (Wildman–Crippen LogP) is 5.09. The van der Waals surface area contributed by atoms with Gasteiger partial charge in [-0.25, -0.2) is 9.18 Å². The Labute approximate surface area is 234 Å². The number of urea groups is 1. The lowest BCUT2D eigenvalue weighted by Crippen LogP contribution is -2.47. The van der Waals surface area contributed by atoms with Crippen molar-refractivity contribution in [3.05, 3.63) is 96.1 Å². The number of nitrogens with zero attached hydrogens (tertiary/aromatic N) is 4. The number of benzene rings is 2. The number of fused-ring (bicyclic) bond motifs is 1. The first kappa shape index (κ1) is 26.4. The van der Waals surface area contributed by atoms with Crippen molar-refractivity contribution < 1.29 is 18.7 Å². The number of morpholine rings is 1. The smallest absolute Gasteiger partial charge is 0.325 e. The van der Waals surface area contributed by atoms with Gasteiger partial charge in [-0.3, -0.25) is 14.7 Å². The van der Waals surface area contributed by atoms with Crippen LogP contribution >= 0.6 is 0 Å². The molecule has 2 aromatic carbocycles. The van der Waals surface area contributed by atoms with Crippen molar-refractivity contribution in [1.82, 2.24) is 14.8 Å². The lowest BCUT2D eigenvalue weighted by atomic mass is 9.77. The van der Waals surface area contributed by atoms with Crippen LogP contribution in [-0.4, -0.2) is 65.1 Å². The van der Waals surface area contributed by atoms with Crippen molar-refractivity contribution in [1.29, 1.82) is 0 Å². The molecule has 1 saturated carbocycles. The minimum atomic E-state index is -0.341. The fraction of sp³-hybridized carbons (Fsp3) is 0.406. The van der Waals surface area contributed by atoms with Crippen LogP contribution in [0.25, 0.3) is 0 Å². The number of hydrogen-bond acceptors (Lipinski definition) is 4. The zero-order valence-corrected chi connectivity index (χ0v) is 22.7. The molecular formula is C32H35FN4O3. The standard InChI is InChI=1S/C32H35FN4O3/c1-22-27(24-7-3-2-4-8-24)18-30-29(19-28(22)31(38)35-14-16-40-17-15-35)36(21-23-6-5-13-34-20-23)32(39)37(30)26-11-9-25(33)10-12-26/h2-13,20,22,27-30H,14-19,21H2,1H3/t22-,27-,28+,29-,30+/m1/s1. The van der Waals surface area contributed by atoms with Crippen LogP contribution in [0.1, 0.15) is 36.8 Å². The highest BCUT2D eigenvalue weighted by atomic mass is 19.1. The summed E-state index contributed by atoms with van der Waals surface area (Å²) in [6.45, 7) is 4.86. The summed E-state index contributed by atoms with van der Waals surface area (Å²) in [5.74, 6) is -0.317. The summed E-state index contributed by atoms with van der Waals surface area (Å²) in [4.78, 5) is 38.3. The van der Waals surface area contributed by atoms with Gasteiger partial charge >= 0.3 is 6.03 Å². The number of carbonyl (C=O) groups is 2. The molecule has 8 heteroatoms. The summed E-state index contributed by atoms with van der Waals surface area (Å²) in [5.41, 5.74) is 2.78. The van der Waals surface area contributed by atoms with Crippen molar-refractivity contribution >= 4 is 17.6 Å². The summed E-state index contributed by atoms with van der Waals surface area (Å²) in [5, 5.41) is 0. The van der Waals surface area contributed by atoms with Gasteiger partial charge in [-0.2, -0.15) is 0 Å². The lowest BCUT2D eigenvalue weighted by molar-refractivity contribution is -0.142. The molecule has 5 atom stereocenters. The first-order valence-electron chi connectivity index (χ1n) is 14.2. The third-order valence-corrected chi connectivity index (χ3v) is 8.94. The molecule has 40 heavy (non-hydrogen) atoms. The maximum Gasteiger partial charge on any atom is 0.325 e. The molecule has 3 aliphatic rings. The second kappa shape index (κ2) is 11.4. The van der Waals surface area contributed by atoms with Gasteiger partial charge in [-0.1, -0.05) is 43.3 Å². The van der Waals surface area contributed by atoms with E-state index in [1.54, 1.807) is 24.5 Å². The van der Waals surface area contributed by atoms with Crippen LogP contribution in [0.2, 0.25) is 0 Å². The Balaban J connectivity index is 1.43. The molecule has 3 aromatic rings. The third-order valence-electron chi connectivity index (χ3n) is 8.94. The second-order valence-corrected chi connectivity index (χ2v) is 11.1. The molecule has 3 amide bonds. The van der Waals surface area contributed by atoms with E-state index in [9.17, 15) is 14.0 Å². The normalized spacial score (nSPS) is 26.9. The molecular weight excluding hydrogens is 507 g/mol. The Kier molecular flexibility index (Phi) is 7.52. The quantitative estimate of drug-likeness (QED) is 0.451. The molecule has 7 nitrogen and oxygen atoms in total. The Morgan fingerprint density at radius 2 is 1.73 bits per heavy atom. The minimum Gasteiger partial charge on any atom is -0.378 e. The van der Waals surface area contributed by atoms with Gasteiger partial charge in [0.1, 0.15) is 5.82 Å². The molecule has 0 spiro atoms. The van der Waals surface area contributed by atoms with Gasteiger partial charge in [-0.15, -0.1) is 0 Å². The average molecular weight is 543 g/mol. The first-order chi connectivity index (χ1) is 19.5. The molecule has 2 saturated heterocycles. The van der Waals surface area contributed by atoms with Crippen LogP contribution in [-0.2, 0) is 16.1 Å². The van der Waals surface area contributed by atoms with Crippen LogP contribution in [0, 0.1) is 17.7 Å². The molecule has 3 fully saturated rings. The van der Waals surface area contributed by atoms with Gasteiger partial charge in [0, 0.05) is 43.6 Å². The number of pyridine rings is 1. The molecule has 0 radical (unpaired) electrons. The van der Waals surface area contributed by atoms with Gasteiger partial charge in [0.25, 0.3) is 0 Å². The topological polar surface area (TPSA) is 66.0 Å². The number of carbonyl (C=O) groups excluding carboxylic acids is 2. The number of ether oxygens (including phenoxy) is 1. The van der Waals surface area contributed by atoms with Crippen LogP contribution in [0.3, 0.4) is 0 Å². The van der Waals surface area contributed by atoms with E-state index in [0.29, 0.717) is 51.4 Å². The van der Waals surface area contributed by atoms with E-state index >= 15 is 0 Å². The van der Waals surface area contributed by atoms with Gasteiger partial charge in [0.15, 0.2) is 0 Å². The van der Waals surface area contributed by atoms with E-state index in [1.165, 1.54) is 17.7 Å². The second-order valence-electron chi connectivity index (χ2n) is 11.1.